The van der Waals surface area contributed by atoms with Crippen LogP contribution in [0.2, 0.25) is 0 Å². The summed E-state index contributed by atoms with van der Waals surface area (Å²) >= 11 is 1.57. The highest BCUT2D eigenvalue weighted by molar-refractivity contribution is 7.14. The zero-order chi connectivity index (χ0) is 21.1. The van der Waals surface area contributed by atoms with E-state index in [4.69, 9.17) is 9.47 Å². The molecule has 8 heteroatoms. The Kier molecular flexibility index (Phi) is 5.85. The molecule has 30 heavy (non-hydrogen) atoms. The number of nitrogens with zero attached hydrogens (tertiary/aromatic N) is 2. The summed E-state index contributed by atoms with van der Waals surface area (Å²) in [5, 5.41) is 11.2. The van der Waals surface area contributed by atoms with E-state index in [1.54, 1.807) is 38.0 Å². The fraction of sp³-hybridized carbons (Fsp3) is 0.318. The van der Waals surface area contributed by atoms with Gasteiger partial charge in [-0.25, -0.2) is 5.43 Å². The second kappa shape index (κ2) is 8.71. The maximum atomic E-state index is 12.5. The molecule has 2 aromatic heterocycles. The number of methoxy groups -OCH3 is 2. The molecule has 0 bridgehead atoms. The number of rotatable bonds is 6. The SMILES string of the molecule is COc1ccc(-c2[nH]ncc2C=NNC(=O)c2cc3c(s2)CC(C)CC3)cc1OC. The Morgan fingerprint density at radius 3 is 2.93 bits per heavy atom. The molecule has 1 amide bonds. The third kappa shape index (κ3) is 4.09. The van der Waals surface area contributed by atoms with Crippen LogP contribution in [0.25, 0.3) is 11.3 Å². The first-order valence-corrected chi connectivity index (χ1v) is 10.6. The maximum Gasteiger partial charge on any atom is 0.281 e. The van der Waals surface area contributed by atoms with Gasteiger partial charge >= 0.3 is 0 Å². The normalized spacial score (nSPS) is 15.8. The molecule has 1 unspecified atom stereocenters. The number of hydrogen-bond acceptors (Lipinski definition) is 6. The number of carbonyl (C=O) groups is 1. The van der Waals surface area contributed by atoms with Crippen molar-refractivity contribution in [2.75, 3.05) is 14.2 Å². The number of aromatic nitrogens is 2. The molecule has 0 spiro atoms. The largest absolute Gasteiger partial charge is 0.493 e. The van der Waals surface area contributed by atoms with Gasteiger partial charge in [-0.15, -0.1) is 11.3 Å². The molecule has 1 aliphatic rings. The predicted molar refractivity (Wildman–Crippen MR) is 118 cm³/mol. The lowest BCUT2D eigenvalue weighted by Gasteiger charge is -2.16. The zero-order valence-electron chi connectivity index (χ0n) is 17.2. The Morgan fingerprint density at radius 2 is 2.13 bits per heavy atom. The molecule has 1 aliphatic carbocycles. The number of aromatic amines is 1. The van der Waals surface area contributed by atoms with Crippen LogP contribution in [0, 0.1) is 5.92 Å². The van der Waals surface area contributed by atoms with E-state index in [2.05, 4.69) is 27.6 Å². The molecule has 0 aliphatic heterocycles. The molecule has 2 heterocycles. The van der Waals surface area contributed by atoms with Gasteiger partial charge in [0.2, 0.25) is 0 Å². The molecule has 0 radical (unpaired) electrons. The summed E-state index contributed by atoms with van der Waals surface area (Å²) in [5.74, 6) is 1.77. The van der Waals surface area contributed by atoms with E-state index >= 15 is 0 Å². The first-order chi connectivity index (χ1) is 14.6. The number of carbonyl (C=O) groups excluding carboxylic acids is 1. The summed E-state index contributed by atoms with van der Waals surface area (Å²) in [5.41, 5.74) is 6.33. The second-order valence-electron chi connectivity index (χ2n) is 7.38. The fourth-order valence-corrected chi connectivity index (χ4v) is 4.88. The number of thiophene rings is 1. The van der Waals surface area contributed by atoms with E-state index in [1.807, 2.05) is 24.3 Å². The highest BCUT2D eigenvalue weighted by Gasteiger charge is 2.20. The molecule has 0 saturated carbocycles. The Morgan fingerprint density at radius 1 is 1.30 bits per heavy atom. The van der Waals surface area contributed by atoms with Crippen LogP contribution in [0.5, 0.6) is 11.5 Å². The first-order valence-electron chi connectivity index (χ1n) is 9.79. The van der Waals surface area contributed by atoms with Crippen molar-refractivity contribution in [2.45, 2.75) is 26.2 Å². The molecule has 3 aromatic rings. The fourth-order valence-electron chi connectivity index (χ4n) is 3.62. The van der Waals surface area contributed by atoms with Gasteiger partial charge in [-0.05, 0) is 55.0 Å². The molecule has 0 fully saturated rings. The summed E-state index contributed by atoms with van der Waals surface area (Å²) in [4.78, 5) is 14.5. The smallest absolute Gasteiger partial charge is 0.281 e. The van der Waals surface area contributed by atoms with Crippen molar-refractivity contribution >= 4 is 23.5 Å². The van der Waals surface area contributed by atoms with Crippen molar-refractivity contribution in [3.63, 3.8) is 0 Å². The lowest BCUT2D eigenvalue weighted by molar-refractivity contribution is 0.0959. The summed E-state index contributed by atoms with van der Waals surface area (Å²) in [6.45, 7) is 2.26. The number of aryl methyl sites for hydroxylation is 1. The van der Waals surface area contributed by atoms with Crippen LogP contribution in [-0.2, 0) is 12.8 Å². The van der Waals surface area contributed by atoms with Gasteiger partial charge in [-0.3, -0.25) is 9.89 Å². The zero-order valence-corrected chi connectivity index (χ0v) is 18.0. The lowest BCUT2D eigenvalue weighted by atomic mass is 9.90. The number of hydrogen-bond donors (Lipinski definition) is 2. The van der Waals surface area contributed by atoms with Crippen LogP contribution in [0.4, 0.5) is 0 Å². The van der Waals surface area contributed by atoms with Crippen LogP contribution >= 0.6 is 11.3 Å². The average molecular weight is 425 g/mol. The van der Waals surface area contributed by atoms with Crippen LogP contribution in [0.15, 0.2) is 35.6 Å². The van der Waals surface area contributed by atoms with Gasteiger partial charge in [0.05, 0.1) is 37.2 Å². The Hall–Kier alpha value is -3.13. The second-order valence-corrected chi connectivity index (χ2v) is 8.51. The maximum absolute atomic E-state index is 12.5. The average Bonchev–Trinajstić information content (AvgIpc) is 3.39. The Balaban J connectivity index is 1.47. The molecule has 1 atom stereocenters. The minimum absolute atomic E-state index is 0.186. The summed E-state index contributed by atoms with van der Waals surface area (Å²) in [6, 6.07) is 7.60. The number of H-pyrrole nitrogens is 1. The van der Waals surface area contributed by atoms with Crippen molar-refractivity contribution < 1.29 is 14.3 Å². The van der Waals surface area contributed by atoms with Crippen molar-refractivity contribution in [3.05, 3.63) is 51.3 Å². The van der Waals surface area contributed by atoms with Crippen molar-refractivity contribution in [1.82, 2.24) is 15.6 Å². The van der Waals surface area contributed by atoms with E-state index in [0.717, 1.165) is 29.7 Å². The van der Waals surface area contributed by atoms with Crippen molar-refractivity contribution in [1.29, 1.82) is 0 Å². The van der Waals surface area contributed by atoms with Crippen LogP contribution in [-0.4, -0.2) is 36.5 Å². The number of ether oxygens (including phenoxy) is 2. The summed E-state index contributed by atoms with van der Waals surface area (Å²) < 4.78 is 10.7. The van der Waals surface area contributed by atoms with E-state index < -0.39 is 0 Å². The van der Waals surface area contributed by atoms with Gasteiger partial charge in [0.25, 0.3) is 5.91 Å². The monoisotopic (exact) mass is 424 g/mol. The number of hydrazone groups is 1. The third-order valence-corrected chi connectivity index (χ3v) is 6.47. The molecular formula is C22H24N4O3S. The number of amides is 1. The van der Waals surface area contributed by atoms with Gasteiger partial charge in [-0.2, -0.15) is 10.2 Å². The summed E-state index contributed by atoms with van der Waals surface area (Å²) in [7, 11) is 3.19. The van der Waals surface area contributed by atoms with Crippen LogP contribution in [0.1, 0.15) is 39.0 Å². The number of benzene rings is 1. The highest BCUT2D eigenvalue weighted by Crippen LogP contribution is 2.33. The van der Waals surface area contributed by atoms with Crippen LogP contribution in [0.3, 0.4) is 0 Å². The topological polar surface area (TPSA) is 88.6 Å². The Bertz CT molecular complexity index is 1090. The molecule has 2 N–H and O–H groups in total. The predicted octanol–water partition coefficient (Wildman–Crippen LogP) is 4.04. The Labute approximate surface area is 179 Å². The van der Waals surface area contributed by atoms with E-state index in [1.165, 1.54) is 16.9 Å². The van der Waals surface area contributed by atoms with Crippen molar-refractivity contribution in [2.24, 2.45) is 11.0 Å². The lowest BCUT2D eigenvalue weighted by Crippen LogP contribution is -2.16. The number of fused-ring (bicyclic) bond motifs is 1. The van der Waals surface area contributed by atoms with E-state index in [9.17, 15) is 4.79 Å². The van der Waals surface area contributed by atoms with Gasteiger partial charge < -0.3 is 9.47 Å². The highest BCUT2D eigenvalue weighted by atomic mass is 32.1. The third-order valence-electron chi connectivity index (χ3n) is 5.27. The number of nitrogens with one attached hydrogen (secondary N) is 2. The minimum atomic E-state index is -0.186. The van der Waals surface area contributed by atoms with E-state index in [-0.39, 0.29) is 5.91 Å². The standard InChI is InChI=1S/C22H24N4O3S/c1-13-4-5-14-10-20(30-19(14)8-13)22(27)26-24-12-16-11-23-25-21(16)15-6-7-17(28-2)18(9-15)29-3/h6-7,9-13H,4-5,8H2,1-3H3,(H,23,25)(H,26,27). The van der Waals surface area contributed by atoms with Gasteiger partial charge in [0.15, 0.2) is 11.5 Å². The molecule has 7 nitrogen and oxygen atoms in total. The van der Waals surface area contributed by atoms with Gasteiger partial charge in [0.1, 0.15) is 0 Å². The summed E-state index contributed by atoms with van der Waals surface area (Å²) in [6.07, 6.45) is 6.53. The molecule has 1 aromatic carbocycles. The quantitative estimate of drug-likeness (QED) is 0.462. The van der Waals surface area contributed by atoms with E-state index in [0.29, 0.717) is 22.3 Å². The molecular weight excluding hydrogens is 400 g/mol. The molecule has 4 rings (SSSR count). The van der Waals surface area contributed by atoms with Crippen molar-refractivity contribution in [3.8, 4) is 22.8 Å². The molecule has 156 valence electrons. The van der Waals surface area contributed by atoms with Gasteiger partial charge in [0, 0.05) is 16.0 Å². The molecule has 0 saturated heterocycles. The minimum Gasteiger partial charge on any atom is -0.493 e. The van der Waals surface area contributed by atoms with Gasteiger partial charge in [-0.1, -0.05) is 6.92 Å². The van der Waals surface area contributed by atoms with Crippen LogP contribution < -0.4 is 14.9 Å². The first kappa shape index (κ1) is 20.2.